The number of carbonyl (C=O) groups excluding carboxylic acids is 1. The van der Waals surface area contributed by atoms with Gasteiger partial charge < -0.3 is 0 Å². The summed E-state index contributed by atoms with van der Waals surface area (Å²) in [6.45, 7) is 1.95. The number of hydrogen-bond donors (Lipinski definition) is 0. The van der Waals surface area contributed by atoms with Gasteiger partial charge in [-0.25, -0.2) is 0 Å². The van der Waals surface area contributed by atoms with Gasteiger partial charge >= 0.3 is 0 Å². The Bertz CT molecular complexity index is 360. The van der Waals surface area contributed by atoms with E-state index < -0.39 is 0 Å². The van der Waals surface area contributed by atoms with Gasteiger partial charge in [-0.3, -0.25) is 9.78 Å². The zero-order valence-corrected chi connectivity index (χ0v) is 8.31. The first-order valence-corrected chi connectivity index (χ1v) is 4.66. The average molecular weight is 226 g/mol. The largest absolute Gasteiger partial charge is 0.294 e. The second-order valence-electron chi connectivity index (χ2n) is 2.98. The van der Waals surface area contributed by atoms with Crippen LogP contribution in [0.15, 0.2) is 10.7 Å². The Balaban J connectivity index is 2.71. The fraction of sp³-hybridized carbons (Fsp3) is 0.333. The molecule has 2 nitrogen and oxygen atoms in total. The summed E-state index contributed by atoms with van der Waals surface area (Å²) < 4.78 is 0.927. The molecule has 0 aromatic carbocycles. The van der Waals surface area contributed by atoms with Crippen molar-refractivity contribution in [3.05, 3.63) is 27.5 Å². The number of fused-ring (bicyclic) bond motifs is 1. The summed E-state index contributed by atoms with van der Waals surface area (Å²) in [5.74, 6) is 0.233. The highest BCUT2D eigenvalue weighted by Gasteiger charge is 2.23. The third-order valence-corrected chi connectivity index (χ3v) is 3.02. The molecule has 0 unspecified atom stereocenters. The minimum Gasteiger partial charge on any atom is -0.294 e. The van der Waals surface area contributed by atoms with Gasteiger partial charge in [0.15, 0.2) is 5.78 Å². The van der Waals surface area contributed by atoms with Crippen molar-refractivity contribution in [2.45, 2.75) is 19.8 Å². The lowest BCUT2D eigenvalue weighted by Gasteiger charge is -2.02. The number of Topliss-reactive ketones (excluding diaryl/α,β-unsaturated/α-hetero) is 1. The number of pyridine rings is 1. The molecule has 3 heteroatoms. The lowest BCUT2D eigenvalue weighted by Crippen LogP contribution is -1.97. The Kier molecular flexibility index (Phi) is 1.76. The van der Waals surface area contributed by atoms with Gasteiger partial charge in [-0.05, 0) is 34.8 Å². The SMILES string of the molecule is Cc1c(Br)cnc2c1C(=O)CC2. The summed E-state index contributed by atoms with van der Waals surface area (Å²) in [6, 6.07) is 0. The van der Waals surface area contributed by atoms with Crippen LogP contribution < -0.4 is 0 Å². The Labute approximate surface area is 79.1 Å². The molecular weight excluding hydrogens is 218 g/mol. The molecule has 0 saturated heterocycles. The van der Waals surface area contributed by atoms with Gasteiger partial charge in [0.05, 0.1) is 5.69 Å². The second-order valence-corrected chi connectivity index (χ2v) is 3.83. The average Bonchev–Trinajstić information content (AvgIpc) is 2.41. The van der Waals surface area contributed by atoms with E-state index >= 15 is 0 Å². The Morgan fingerprint density at radius 2 is 2.25 bits per heavy atom. The molecule has 12 heavy (non-hydrogen) atoms. The number of ketones is 1. The molecule has 1 aromatic heterocycles. The zero-order valence-electron chi connectivity index (χ0n) is 6.72. The summed E-state index contributed by atoms with van der Waals surface area (Å²) in [4.78, 5) is 15.6. The Hall–Kier alpha value is -0.700. The van der Waals surface area contributed by atoms with E-state index in [1.54, 1.807) is 6.20 Å². The number of nitrogens with zero attached hydrogens (tertiary/aromatic N) is 1. The molecule has 0 bridgehead atoms. The van der Waals surface area contributed by atoms with Gasteiger partial charge in [0, 0.05) is 22.7 Å². The van der Waals surface area contributed by atoms with E-state index in [-0.39, 0.29) is 5.78 Å². The highest BCUT2D eigenvalue weighted by atomic mass is 79.9. The third-order valence-electron chi connectivity index (χ3n) is 2.22. The van der Waals surface area contributed by atoms with E-state index in [0.29, 0.717) is 6.42 Å². The van der Waals surface area contributed by atoms with Crippen LogP contribution in [0, 0.1) is 6.92 Å². The van der Waals surface area contributed by atoms with Gasteiger partial charge in [0.1, 0.15) is 0 Å². The highest BCUT2D eigenvalue weighted by molar-refractivity contribution is 9.10. The van der Waals surface area contributed by atoms with E-state index in [4.69, 9.17) is 0 Å². The van der Waals surface area contributed by atoms with Crippen molar-refractivity contribution >= 4 is 21.7 Å². The monoisotopic (exact) mass is 225 g/mol. The quantitative estimate of drug-likeness (QED) is 0.679. The lowest BCUT2D eigenvalue weighted by atomic mass is 10.1. The van der Waals surface area contributed by atoms with Crippen LogP contribution in [0.25, 0.3) is 0 Å². The van der Waals surface area contributed by atoms with Crippen molar-refractivity contribution < 1.29 is 4.79 Å². The zero-order chi connectivity index (χ0) is 8.72. The minimum atomic E-state index is 0.233. The summed E-state index contributed by atoms with van der Waals surface area (Å²) >= 11 is 3.36. The number of carbonyl (C=O) groups is 1. The van der Waals surface area contributed by atoms with Crippen LogP contribution in [0.4, 0.5) is 0 Å². The van der Waals surface area contributed by atoms with Crippen LogP contribution in [-0.4, -0.2) is 10.8 Å². The molecule has 0 aliphatic heterocycles. The second kappa shape index (κ2) is 2.66. The summed E-state index contributed by atoms with van der Waals surface area (Å²) in [6.07, 6.45) is 3.20. The maximum Gasteiger partial charge on any atom is 0.165 e. The Morgan fingerprint density at radius 3 is 3.00 bits per heavy atom. The molecule has 0 radical (unpaired) electrons. The van der Waals surface area contributed by atoms with E-state index in [1.807, 2.05) is 6.92 Å². The summed E-state index contributed by atoms with van der Waals surface area (Å²) in [5, 5.41) is 0. The predicted octanol–water partition coefficient (Wildman–Crippen LogP) is 2.28. The lowest BCUT2D eigenvalue weighted by molar-refractivity contribution is 0.0994. The van der Waals surface area contributed by atoms with Gasteiger partial charge in [-0.15, -0.1) is 0 Å². The van der Waals surface area contributed by atoms with E-state index in [1.165, 1.54) is 0 Å². The van der Waals surface area contributed by atoms with Crippen LogP contribution in [0.3, 0.4) is 0 Å². The molecule has 1 heterocycles. The number of aryl methyl sites for hydroxylation is 1. The van der Waals surface area contributed by atoms with Gasteiger partial charge in [-0.1, -0.05) is 0 Å². The molecule has 2 rings (SSSR count). The fourth-order valence-electron chi connectivity index (χ4n) is 1.55. The van der Waals surface area contributed by atoms with Gasteiger partial charge in [-0.2, -0.15) is 0 Å². The van der Waals surface area contributed by atoms with Crippen molar-refractivity contribution in [3.8, 4) is 0 Å². The van der Waals surface area contributed by atoms with Crippen molar-refractivity contribution in [3.63, 3.8) is 0 Å². The van der Waals surface area contributed by atoms with Crippen molar-refractivity contribution in [1.82, 2.24) is 4.98 Å². The smallest absolute Gasteiger partial charge is 0.165 e. The number of halogens is 1. The maximum atomic E-state index is 11.4. The molecule has 1 aliphatic carbocycles. The molecule has 1 aromatic rings. The van der Waals surface area contributed by atoms with E-state index in [9.17, 15) is 4.79 Å². The third kappa shape index (κ3) is 1.00. The summed E-state index contributed by atoms with van der Waals surface area (Å²) in [5.41, 5.74) is 2.83. The first-order valence-electron chi connectivity index (χ1n) is 3.87. The molecule has 62 valence electrons. The number of aromatic nitrogens is 1. The van der Waals surface area contributed by atoms with Crippen LogP contribution >= 0.6 is 15.9 Å². The van der Waals surface area contributed by atoms with Crippen molar-refractivity contribution in [1.29, 1.82) is 0 Å². The van der Waals surface area contributed by atoms with Crippen LogP contribution in [0.1, 0.15) is 28.0 Å². The topological polar surface area (TPSA) is 30.0 Å². The fourth-order valence-corrected chi connectivity index (χ4v) is 1.85. The number of rotatable bonds is 0. The first-order chi connectivity index (χ1) is 5.70. The van der Waals surface area contributed by atoms with Crippen LogP contribution in [0.2, 0.25) is 0 Å². The predicted molar refractivity (Wildman–Crippen MR) is 49.3 cm³/mol. The molecule has 0 saturated carbocycles. The van der Waals surface area contributed by atoms with Crippen molar-refractivity contribution in [2.75, 3.05) is 0 Å². The first kappa shape index (κ1) is 7.92. The molecular formula is C9H8BrNO. The molecule has 0 fully saturated rings. The van der Waals surface area contributed by atoms with Gasteiger partial charge in [0.25, 0.3) is 0 Å². The van der Waals surface area contributed by atoms with E-state index in [0.717, 1.165) is 27.7 Å². The number of hydrogen-bond acceptors (Lipinski definition) is 2. The Morgan fingerprint density at radius 1 is 1.50 bits per heavy atom. The molecule has 0 N–H and O–H groups in total. The standard InChI is InChI=1S/C9H8BrNO/c1-5-6(10)4-11-7-2-3-8(12)9(5)7/h4H,2-3H2,1H3. The molecule has 1 aliphatic rings. The maximum absolute atomic E-state index is 11.4. The van der Waals surface area contributed by atoms with Crippen molar-refractivity contribution in [2.24, 2.45) is 0 Å². The van der Waals surface area contributed by atoms with Crippen LogP contribution in [0.5, 0.6) is 0 Å². The molecule has 0 amide bonds. The molecule has 0 atom stereocenters. The van der Waals surface area contributed by atoms with Crippen LogP contribution in [-0.2, 0) is 6.42 Å². The minimum absolute atomic E-state index is 0.233. The summed E-state index contributed by atoms with van der Waals surface area (Å²) in [7, 11) is 0. The van der Waals surface area contributed by atoms with E-state index in [2.05, 4.69) is 20.9 Å². The van der Waals surface area contributed by atoms with Gasteiger partial charge in [0.2, 0.25) is 0 Å². The molecule has 0 spiro atoms. The normalized spacial score (nSPS) is 15.0. The highest BCUT2D eigenvalue weighted by Crippen LogP contribution is 2.27.